The number of aromatic carboxylic acids is 1. The van der Waals surface area contributed by atoms with E-state index in [-0.39, 0.29) is 24.4 Å². The summed E-state index contributed by atoms with van der Waals surface area (Å²) < 4.78 is 22.8. The number of carboxylic acid groups (broad SMARTS) is 1. The molecule has 13 nitrogen and oxygen atoms in total. The molecule has 1 heterocycles. The number of hydrogen-bond acceptors (Lipinski definition) is 10. The van der Waals surface area contributed by atoms with Crippen molar-refractivity contribution in [3.63, 3.8) is 0 Å². The second-order valence-electron chi connectivity index (χ2n) is 10.0. The highest BCUT2D eigenvalue weighted by Crippen LogP contribution is 2.36. The molecule has 4 rings (SSSR count). The predicted octanol–water partition coefficient (Wildman–Crippen LogP) is 4.90. The molecule has 1 aliphatic rings. The van der Waals surface area contributed by atoms with Crippen LogP contribution in [-0.2, 0) is 16.1 Å². The highest BCUT2D eigenvalue weighted by Gasteiger charge is 2.32. The Kier molecular flexibility index (Phi) is 12.1. The largest absolute Gasteiger partial charge is 0.490 e. The van der Waals surface area contributed by atoms with Crippen molar-refractivity contribution < 1.29 is 43.5 Å². The number of urea groups is 1. The first-order valence-electron chi connectivity index (χ1n) is 14.2. The summed E-state index contributed by atoms with van der Waals surface area (Å²) in [6, 6.07) is 13.4. The Bertz CT molecular complexity index is 1680. The minimum atomic E-state index is -1.20. The number of methoxy groups -OCH3 is 1. The molecule has 0 bridgehead atoms. The zero-order valence-corrected chi connectivity index (χ0v) is 27.8. The van der Waals surface area contributed by atoms with Crippen LogP contribution in [-0.4, -0.2) is 60.9 Å². The third-order valence-corrected chi connectivity index (χ3v) is 7.58. The number of esters is 1. The molecule has 0 saturated heterocycles. The molecule has 0 fully saturated rings. The van der Waals surface area contributed by atoms with Crippen LogP contribution < -0.4 is 30.3 Å². The third-order valence-electron chi connectivity index (χ3n) is 6.71. The summed E-state index contributed by atoms with van der Waals surface area (Å²) in [5.41, 5.74) is 5.32. The number of hydrazone groups is 1. The number of rotatable bonds is 14. The number of nitrogens with zero attached hydrogens (tertiary/aromatic N) is 1. The maximum absolute atomic E-state index is 12.4. The van der Waals surface area contributed by atoms with Crippen molar-refractivity contribution in [1.29, 1.82) is 0 Å². The van der Waals surface area contributed by atoms with Crippen LogP contribution in [0.4, 0.5) is 4.79 Å². The van der Waals surface area contributed by atoms with E-state index in [9.17, 15) is 19.5 Å². The number of nitrogens with one attached hydrogen (secondary N) is 3. The van der Waals surface area contributed by atoms with Gasteiger partial charge < -0.3 is 39.8 Å². The molecule has 2 amide bonds. The number of aliphatic hydroxyl groups is 1. The normalized spacial score (nSPS) is 15.0. The van der Waals surface area contributed by atoms with Gasteiger partial charge in [0.05, 0.1) is 46.6 Å². The molecule has 1 aliphatic heterocycles. The van der Waals surface area contributed by atoms with Gasteiger partial charge in [-0.15, -0.1) is 0 Å². The zero-order chi connectivity index (χ0) is 34.1. The first-order chi connectivity index (χ1) is 22.5. The van der Waals surface area contributed by atoms with Gasteiger partial charge in [0, 0.05) is 5.70 Å². The molecular weight excluding hydrogens is 700 g/mol. The molecule has 0 radical (unpaired) electrons. The molecule has 0 spiro atoms. The Balaban J connectivity index is 1.36. The van der Waals surface area contributed by atoms with E-state index in [1.54, 1.807) is 56.3 Å². The first kappa shape index (κ1) is 35.1. The van der Waals surface area contributed by atoms with Crippen LogP contribution in [0, 0.1) is 0 Å². The van der Waals surface area contributed by atoms with Gasteiger partial charge >= 0.3 is 18.0 Å². The van der Waals surface area contributed by atoms with Crippen LogP contribution in [0.3, 0.4) is 0 Å². The van der Waals surface area contributed by atoms with E-state index >= 15 is 0 Å². The van der Waals surface area contributed by atoms with Crippen LogP contribution in [0.5, 0.6) is 17.2 Å². The molecular formula is C32H32BrClN4O9. The van der Waals surface area contributed by atoms with Crippen molar-refractivity contribution in [3.8, 4) is 17.2 Å². The van der Waals surface area contributed by atoms with E-state index in [2.05, 4.69) is 37.1 Å². The van der Waals surface area contributed by atoms with E-state index in [1.165, 1.54) is 25.5 Å². The number of carbonyl (C=O) groups is 3. The summed E-state index contributed by atoms with van der Waals surface area (Å²) in [6.45, 7) is 3.69. The average Bonchev–Trinajstić information content (AvgIpc) is 3.03. The quantitative estimate of drug-likeness (QED) is 0.0664. The standard InChI is InChI=1S/C32H32BrClN4O9/c1-4-45-25-13-21(28-27(31(42)44-3)17(2)36-32(43)37-28)9-10-24(25)46-16-26(39)38-35-14-19-11-22(33)29(23(34)12-19)47-15-18-5-7-20(8-6-18)30(40)41/h5-14,26,28,38-39H,4,15-16H2,1-3H3,(H,40,41)(H2,36,37,43)/b35-14-/t26-,28+/m0/s1. The summed E-state index contributed by atoms with van der Waals surface area (Å²) in [4.78, 5) is 35.6. The van der Waals surface area contributed by atoms with E-state index in [0.29, 0.717) is 50.2 Å². The number of aliphatic hydroxyl groups excluding tert-OH is 1. The SMILES string of the molecule is CCOc1cc([C@H]2NC(=O)NC(C)=C2C(=O)OC)ccc1OC[C@H](O)N/N=C\c1cc(Cl)c(OCc2ccc(C(=O)O)cc2)c(Br)c1. The number of allylic oxidation sites excluding steroid dienone is 1. The van der Waals surface area contributed by atoms with Crippen molar-refractivity contribution in [1.82, 2.24) is 16.1 Å². The van der Waals surface area contributed by atoms with Gasteiger partial charge in [-0.05, 0) is 82.9 Å². The van der Waals surface area contributed by atoms with Gasteiger partial charge in [0.2, 0.25) is 0 Å². The summed E-state index contributed by atoms with van der Waals surface area (Å²) in [5, 5.41) is 29.2. The number of amides is 2. The fourth-order valence-corrected chi connectivity index (χ4v) is 5.50. The highest BCUT2D eigenvalue weighted by molar-refractivity contribution is 9.10. The Labute approximate surface area is 283 Å². The topological polar surface area (TPSA) is 177 Å². The van der Waals surface area contributed by atoms with E-state index in [1.807, 2.05) is 0 Å². The molecule has 0 aliphatic carbocycles. The molecule has 3 aromatic carbocycles. The van der Waals surface area contributed by atoms with Crippen LogP contribution >= 0.6 is 27.5 Å². The van der Waals surface area contributed by atoms with Crippen LogP contribution in [0.1, 0.15) is 46.9 Å². The van der Waals surface area contributed by atoms with Crippen molar-refractivity contribution in [2.24, 2.45) is 5.10 Å². The van der Waals surface area contributed by atoms with Crippen LogP contribution in [0.25, 0.3) is 0 Å². The minimum absolute atomic E-state index is 0.174. The van der Waals surface area contributed by atoms with Gasteiger partial charge in [0.1, 0.15) is 13.2 Å². The molecule has 0 saturated carbocycles. The van der Waals surface area contributed by atoms with Crippen LogP contribution in [0.15, 0.2) is 75.4 Å². The molecule has 15 heteroatoms. The van der Waals surface area contributed by atoms with Crippen molar-refractivity contribution in [2.75, 3.05) is 20.3 Å². The summed E-state index contributed by atoms with van der Waals surface area (Å²) in [5.74, 6) is -0.528. The van der Waals surface area contributed by atoms with Gasteiger partial charge in [0.15, 0.2) is 23.5 Å². The van der Waals surface area contributed by atoms with Crippen molar-refractivity contribution in [3.05, 3.63) is 97.6 Å². The van der Waals surface area contributed by atoms with E-state index < -0.39 is 30.2 Å². The van der Waals surface area contributed by atoms with E-state index in [0.717, 1.165) is 5.56 Å². The van der Waals surface area contributed by atoms with Gasteiger partial charge in [-0.2, -0.15) is 5.10 Å². The van der Waals surface area contributed by atoms with Gasteiger partial charge in [-0.3, -0.25) is 5.43 Å². The Morgan fingerprint density at radius 2 is 1.85 bits per heavy atom. The lowest BCUT2D eigenvalue weighted by molar-refractivity contribution is -0.136. The van der Waals surface area contributed by atoms with Gasteiger partial charge in [0.25, 0.3) is 0 Å². The maximum atomic E-state index is 12.4. The maximum Gasteiger partial charge on any atom is 0.337 e. The van der Waals surface area contributed by atoms with Gasteiger partial charge in [-0.1, -0.05) is 29.8 Å². The van der Waals surface area contributed by atoms with E-state index in [4.69, 9.17) is 35.7 Å². The number of carbonyl (C=O) groups excluding carboxylic acids is 2. The van der Waals surface area contributed by atoms with Gasteiger partial charge in [-0.25, -0.2) is 14.4 Å². The minimum Gasteiger partial charge on any atom is -0.490 e. The number of halogens is 2. The molecule has 0 unspecified atom stereocenters. The predicted molar refractivity (Wildman–Crippen MR) is 176 cm³/mol. The summed E-state index contributed by atoms with van der Waals surface area (Å²) >= 11 is 9.87. The Hall–Kier alpha value is -4.79. The second-order valence-corrected chi connectivity index (χ2v) is 11.3. The van der Waals surface area contributed by atoms with Crippen molar-refractivity contribution in [2.45, 2.75) is 32.7 Å². The fraction of sp³-hybridized carbons (Fsp3) is 0.250. The molecule has 5 N–H and O–H groups in total. The highest BCUT2D eigenvalue weighted by atomic mass is 79.9. The lowest BCUT2D eigenvalue weighted by Crippen LogP contribution is -2.45. The lowest BCUT2D eigenvalue weighted by atomic mass is 9.95. The fourth-order valence-electron chi connectivity index (χ4n) is 4.51. The molecule has 47 heavy (non-hydrogen) atoms. The second kappa shape index (κ2) is 16.2. The smallest absolute Gasteiger partial charge is 0.337 e. The molecule has 3 aromatic rings. The molecule has 248 valence electrons. The average molecular weight is 732 g/mol. The molecule has 2 atom stereocenters. The summed E-state index contributed by atoms with van der Waals surface area (Å²) in [6.07, 6.45) is 0.255. The number of benzene rings is 3. The lowest BCUT2D eigenvalue weighted by Gasteiger charge is -2.28. The summed E-state index contributed by atoms with van der Waals surface area (Å²) in [7, 11) is 1.26. The van der Waals surface area contributed by atoms with Crippen molar-refractivity contribution >= 4 is 51.7 Å². The zero-order valence-electron chi connectivity index (χ0n) is 25.5. The number of hydrogen-bond donors (Lipinski definition) is 5. The molecule has 0 aromatic heterocycles. The van der Waals surface area contributed by atoms with Crippen LogP contribution in [0.2, 0.25) is 5.02 Å². The Morgan fingerprint density at radius 3 is 2.51 bits per heavy atom. The number of ether oxygens (including phenoxy) is 4. The first-order valence-corrected chi connectivity index (χ1v) is 15.3. The number of carboxylic acids is 1. The monoisotopic (exact) mass is 730 g/mol. The third kappa shape index (κ3) is 9.15. The Morgan fingerprint density at radius 1 is 1.11 bits per heavy atom.